The Morgan fingerprint density at radius 3 is 2.82 bits per heavy atom. The first kappa shape index (κ1) is 14.0. The minimum Gasteiger partial charge on any atom is -0.468 e. The van der Waals surface area contributed by atoms with Gasteiger partial charge in [-0.3, -0.25) is 14.6 Å². The molecule has 0 aliphatic heterocycles. The van der Waals surface area contributed by atoms with Crippen LogP contribution in [0.2, 0.25) is 0 Å². The Balaban J connectivity index is 2.85. The van der Waals surface area contributed by atoms with Crippen LogP contribution in [0, 0.1) is 5.92 Å². The van der Waals surface area contributed by atoms with Crippen LogP contribution in [0.25, 0.3) is 0 Å². The van der Waals surface area contributed by atoms with Crippen molar-refractivity contribution in [3.63, 3.8) is 0 Å². The SMILES string of the molecule is CCN=C(SC)C1=CC(=O)C(C(=O)OC)CC1. The number of esters is 1. The van der Waals surface area contributed by atoms with Gasteiger partial charge in [0, 0.05) is 6.54 Å². The summed E-state index contributed by atoms with van der Waals surface area (Å²) in [6.45, 7) is 2.65. The number of thioether (sulfide) groups is 1. The average molecular weight is 255 g/mol. The molecule has 0 saturated heterocycles. The van der Waals surface area contributed by atoms with Crippen molar-refractivity contribution in [2.45, 2.75) is 19.8 Å². The fourth-order valence-electron chi connectivity index (χ4n) is 1.77. The molecule has 0 saturated carbocycles. The summed E-state index contributed by atoms with van der Waals surface area (Å²) >= 11 is 1.53. The Labute approximate surface area is 106 Å². The zero-order chi connectivity index (χ0) is 12.8. The van der Waals surface area contributed by atoms with Crippen molar-refractivity contribution in [2.24, 2.45) is 10.9 Å². The predicted molar refractivity (Wildman–Crippen MR) is 69.3 cm³/mol. The fraction of sp³-hybridized carbons (Fsp3) is 0.583. The Hall–Kier alpha value is -1.10. The molecule has 1 atom stereocenters. The highest BCUT2D eigenvalue weighted by Gasteiger charge is 2.30. The van der Waals surface area contributed by atoms with Gasteiger partial charge in [-0.2, -0.15) is 0 Å². The summed E-state index contributed by atoms with van der Waals surface area (Å²) in [4.78, 5) is 27.5. The van der Waals surface area contributed by atoms with Crippen molar-refractivity contribution in [3.8, 4) is 0 Å². The summed E-state index contributed by atoms with van der Waals surface area (Å²) in [6, 6.07) is 0. The summed E-state index contributed by atoms with van der Waals surface area (Å²) in [7, 11) is 1.31. The zero-order valence-corrected chi connectivity index (χ0v) is 11.2. The van der Waals surface area contributed by atoms with E-state index in [2.05, 4.69) is 9.73 Å². The molecule has 0 fully saturated rings. The number of rotatable bonds is 3. The van der Waals surface area contributed by atoms with Gasteiger partial charge in [0.2, 0.25) is 0 Å². The standard InChI is InChI=1S/C12H17NO3S/c1-4-13-11(17-3)8-5-6-9(10(14)7-8)12(15)16-2/h7,9H,4-6H2,1-3H3. The van der Waals surface area contributed by atoms with Crippen LogP contribution in [0.1, 0.15) is 19.8 Å². The highest BCUT2D eigenvalue weighted by molar-refractivity contribution is 8.13. The van der Waals surface area contributed by atoms with Crippen molar-refractivity contribution < 1.29 is 14.3 Å². The molecule has 0 N–H and O–H groups in total. The quantitative estimate of drug-likeness (QED) is 0.334. The number of ketones is 1. The summed E-state index contributed by atoms with van der Waals surface area (Å²) < 4.78 is 4.61. The third-order valence-electron chi connectivity index (χ3n) is 2.62. The van der Waals surface area contributed by atoms with E-state index < -0.39 is 11.9 Å². The number of carbonyl (C=O) groups excluding carboxylic acids is 2. The zero-order valence-electron chi connectivity index (χ0n) is 10.4. The molecule has 1 rings (SSSR count). The van der Waals surface area contributed by atoms with Gasteiger partial charge >= 0.3 is 5.97 Å². The molecular weight excluding hydrogens is 238 g/mol. The van der Waals surface area contributed by atoms with E-state index in [1.807, 2.05) is 13.2 Å². The fourth-order valence-corrected chi connectivity index (χ4v) is 2.45. The molecule has 4 nitrogen and oxygen atoms in total. The molecule has 5 heteroatoms. The van der Waals surface area contributed by atoms with E-state index in [1.54, 1.807) is 0 Å². The molecule has 0 aromatic carbocycles. The minimum atomic E-state index is -0.631. The number of ether oxygens (including phenoxy) is 1. The largest absolute Gasteiger partial charge is 0.468 e. The monoisotopic (exact) mass is 255 g/mol. The lowest BCUT2D eigenvalue weighted by Crippen LogP contribution is -2.28. The van der Waals surface area contributed by atoms with Crippen LogP contribution in [-0.4, -0.2) is 36.7 Å². The first-order valence-corrected chi connectivity index (χ1v) is 6.77. The smallest absolute Gasteiger partial charge is 0.316 e. The molecule has 1 unspecified atom stereocenters. The van der Waals surface area contributed by atoms with E-state index in [9.17, 15) is 9.59 Å². The lowest BCUT2D eigenvalue weighted by atomic mass is 9.89. The third kappa shape index (κ3) is 3.43. The number of carbonyl (C=O) groups is 2. The predicted octanol–water partition coefficient (Wildman–Crippen LogP) is 1.85. The first-order chi connectivity index (χ1) is 8.13. The molecule has 0 radical (unpaired) electrons. The van der Waals surface area contributed by atoms with Gasteiger partial charge in [-0.1, -0.05) is 0 Å². The van der Waals surface area contributed by atoms with E-state index in [4.69, 9.17) is 0 Å². The van der Waals surface area contributed by atoms with Crippen molar-refractivity contribution >= 4 is 28.6 Å². The molecule has 0 heterocycles. The van der Waals surface area contributed by atoms with Crippen LogP contribution in [0.5, 0.6) is 0 Å². The molecule has 0 amide bonds. The van der Waals surface area contributed by atoms with Gasteiger partial charge in [0.1, 0.15) is 5.92 Å². The summed E-state index contributed by atoms with van der Waals surface area (Å²) in [6.07, 6.45) is 4.69. The molecule has 94 valence electrons. The van der Waals surface area contributed by atoms with E-state index in [-0.39, 0.29) is 5.78 Å². The Morgan fingerprint density at radius 1 is 1.65 bits per heavy atom. The molecule has 0 spiro atoms. The number of aliphatic imine (C=N–C) groups is 1. The number of nitrogens with zero attached hydrogens (tertiary/aromatic N) is 1. The van der Waals surface area contributed by atoms with Gasteiger partial charge in [0.25, 0.3) is 0 Å². The normalized spacial score (nSPS) is 21.1. The number of methoxy groups -OCH3 is 1. The molecule has 0 aromatic rings. The summed E-state index contributed by atoms with van der Waals surface area (Å²) in [5.74, 6) is -1.24. The van der Waals surface area contributed by atoms with E-state index in [1.165, 1.54) is 24.9 Å². The van der Waals surface area contributed by atoms with Crippen LogP contribution < -0.4 is 0 Å². The van der Waals surface area contributed by atoms with Gasteiger partial charge < -0.3 is 4.74 Å². The van der Waals surface area contributed by atoms with Crippen molar-refractivity contribution in [1.82, 2.24) is 0 Å². The average Bonchev–Trinajstić information content (AvgIpc) is 2.35. The lowest BCUT2D eigenvalue weighted by molar-refractivity contribution is -0.148. The maximum atomic E-state index is 11.8. The van der Waals surface area contributed by atoms with Crippen molar-refractivity contribution in [2.75, 3.05) is 19.9 Å². The van der Waals surface area contributed by atoms with Gasteiger partial charge in [-0.25, -0.2) is 0 Å². The van der Waals surface area contributed by atoms with Gasteiger partial charge in [-0.15, -0.1) is 11.8 Å². The number of hydrogen-bond acceptors (Lipinski definition) is 5. The maximum absolute atomic E-state index is 11.8. The second-order valence-electron chi connectivity index (χ2n) is 3.67. The second-order valence-corrected chi connectivity index (χ2v) is 4.46. The van der Waals surface area contributed by atoms with E-state index in [0.717, 1.165) is 10.6 Å². The Kier molecular flexibility index (Phi) is 5.41. The van der Waals surface area contributed by atoms with Crippen molar-refractivity contribution in [3.05, 3.63) is 11.6 Å². The molecule has 1 aliphatic carbocycles. The summed E-state index contributed by atoms with van der Waals surface area (Å²) in [5, 5.41) is 0.893. The van der Waals surface area contributed by atoms with Crippen LogP contribution in [-0.2, 0) is 14.3 Å². The lowest BCUT2D eigenvalue weighted by Gasteiger charge is -2.19. The molecule has 0 bridgehead atoms. The van der Waals surface area contributed by atoms with E-state index in [0.29, 0.717) is 19.4 Å². The molecule has 17 heavy (non-hydrogen) atoms. The van der Waals surface area contributed by atoms with Gasteiger partial charge in [0.05, 0.1) is 12.2 Å². The van der Waals surface area contributed by atoms with Crippen molar-refractivity contribution in [1.29, 1.82) is 0 Å². The highest BCUT2D eigenvalue weighted by Crippen LogP contribution is 2.25. The Morgan fingerprint density at radius 2 is 2.35 bits per heavy atom. The highest BCUT2D eigenvalue weighted by atomic mass is 32.2. The minimum absolute atomic E-state index is 0.170. The van der Waals surface area contributed by atoms with Crippen LogP contribution in [0.3, 0.4) is 0 Å². The van der Waals surface area contributed by atoms with Crippen LogP contribution >= 0.6 is 11.8 Å². The van der Waals surface area contributed by atoms with Gasteiger partial charge in [-0.05, 0) is 37.7 Å². The van der Waals surface area contributed by atoms with Crippen LogP contribution in [0.15, 0.2) is 16.6 Å². The maximum Gasteiger partial charge on any atom is 0.316 e. The second kappa shape index (κ2) is 6.59. The van der Waals surface area contributed by atoms with E-state index >= 15 is 0 Å². The molecule has 1 aliphatic rings. The molecular formula is C12H17NO3S. The number of allylic oxidation sites excluding steroid dienone is 1. The summed E-state index contributed by atoms with van der Waals surface area (Å²) in [5.41, 5.74) is 0.935. The number of hydrogen-bond donors (Lipinski definition) is 0. The molecule has 0 aromatic heterocycles. The first-order valence-electron chi connectivity index (χ1n) is 5.55. The van der Waals surface area contributed by atoms with Crippen LogP contribution in [0.4, 0.5) is 0 Å². The Bertz CT molecular complexity index is 374. The third-order valence-corrected chi connectivity index (χ3v) is 3.40. The van der Waals surface area contributed by atoms with Gasteiger partial charge in [0.15, 0.2) is 5.78 Å². The topological polar surface area (TPSA) is 55.7 Å².